The van der Waals surface area contributed by atoms with Crippen LogP contribution in [0.25, 0.3) is 0 Å². The van der Waals surface area contributed by atoms with Gasteiger partial charge >= 0.3 is 0 Å². The van der Waals surface area contributed by atoms with Crippen LogP contribution in [0, 0.1) is 11.8 Å². The summed E-state index contributed by atoms with van der Waals surface area (Å²) in [5.41, 5.74) is 0. The van der Waals surface area contributed by atoms with Crippen LogP contribution < -0.4 is 10.6 Å². The average Bonchev–Trinajstić information content (AvgIpc) is 2.61. The van der Waals surface area contributed by atoms with Crippen LogP contribution in [-0.4, -0.2) is 52.6 Å². The highest BCUT2D eigenvalue weighted by molar-refractivity contribution is 4.79. The van der Waals surface area contributed by atoms with E-state index < -0.39 is 0 Å². The molecular formula is C16H32N2O2. The molecule has 20 heavy (non-hydrogen) atoms. The molecule has 0 unspecified atom stereocenters. The maximum Gasteiger partial charge on any atom is 0.0701 e. The number of piperazine rings is 1. The van der Waals surface area contributed by atoms with Gasteiger partial charge in [0.15, 0.2) is 0 Å². The molecule has 0 spiro atoms. The van der Waals surface area contributed by atoms with E-state index in [-0.39, 0.29) is 0 Å². The Kier molecular flexibility index (Phi) is 8.55. The predicted molar refractivity (Wildman–Crippen MR) is 82.1 cm³/mol. The highest BCUT2D eigenvalue weighted by atomic mass is 16.6. The molecule has 2 saturated heterocycles. The maximum absolute atomic E-state index is 4.94. The number of ether oxygens (including phenoxy) is 2. The van der Waals surface area contributed by atoms with Gasteiger partial charge in [-0.25, -0.2) is 0 Å². The average molecular weight is 284 g/mol. The van der Waals surface area contributed by atoms with Crippen molar-refractivity contribution in [1.29, 1.82) is 0 Å². The van der Waals surface area contributed by atoms with E-state index in [4.69, 9.17) is 9.47 Å². The molecule has 0 amide bonds. The molecule has 3 saturated carbocycles. The third kappa shape index (κ3) is 7.02. The Morgan fingerprint density at radius 3 is 0.950 bits per heavy atom. The van der Waals surface area contributed by atoms with Gasteiger partial charge in [0.2, 0.25) is 0 Å². The zero-order valence-electron chi connectivity index (χ0n) is 12.9. The summed E-state index contributed by atoms with van der Waals surface area (Å²) in [4.78, 5) is 0. The first-order valence-electron chi connectivity index (χ1n) is 8.52. The summed E-state index contributed by atoms with van der Waals surface area (Å²) in [6.07, 6.45) is 9.36. The van der Waals surface area contributed by atoms with Crippen molar-refractivity contribution in [1.82, 2.24) is 10.6 Å². The van der Waals surface area contributed by atoms with Crippen LogP contribution in [0.4, 0.5) is 0 Å². The Hall–Kier alpha value is -0.160. The lowest BCUT2D eigenvalue weighted by Crippen LogP contribution is -2.39. The molecule has 2 bridgehead atoms. The Morgan fingerprint density at radius 2 is 0.800 bits per heavy atom. The van der Waals surface area contributed by atoms with Crippen LogP contribution >= 0.6 is 0 Å². The van der Waals surface area contributed by atoms with Gasteiger partial charge < -0.3 is 20.1 Å². The van der Waals surface area contributed by atoms with Crippen LogP contribution in [0.1, 0.15) is 38.5 Å². The normalized spacial score (nSPS) is 32.4. The highest BCUT2D eigenvalue weighted by Gasteiger charge is 2.26. The minimum absolute atomic E-state index is 0.778. The molecule has 4 heteroatoms. The smallest absolute Gasteiger partial charge is 0.0701 e. The van der Waals surface area contributed by atoms with Crippen molar-refractivity contribution in [3.63, 3.8) is 0 Å². The van der Waals surface area contributed by atoms with E-state index in [9.17, 15) is 0 Å². The molecule has 5 rings (SSSR count). The molecule has 5 aliphatic rings. The van der Waals surface area contributed by atoms with E-state index in [1.165, 1.54) is 0 Å². The van der Waals surface area contributed by atoms with Gasteiger partial charge in [0, 0.05) is 26.2 Å². The third-order valence-corrected chi connectivity index (χ3v) is 4.65. The largest absolute Gasteiger partial charge is 0.377 e. The molecule has 0 aromatic heterocycles. The van der Waals surface area contributed by atoms with Crippen LogP contribution in [-0.2, 0) is 9.47 Å². The Bertz CT molecular complexity index is 164. The fourth-order valence-electron chi connectivity index (χ4n) is 3.32. The van der Waals surface area contributed by atoms with Crippen LogP contribution in [0.3, 0.4) is 0 Å². The summed E-state index contributed by atoms with van der Waals surface area (Å²) >= 11 is 0. The molecule has 0 radical (unpaired) electrons. The molecule has 0 aromatic rings. The van der Waals surface area contributed by atoms with Gasteiger partial charge in [0.05, 0.1) is 26.4 Å². The van der Waals surface area contributed by atoms with Crippen molar-refractivity contribution in [2.75, 3.05) is 52.6 Å². The second-order valence-electron chi connectivity index (χ2n) is 6.19. The molecule has 5 fully saturated rings. The maximum atomic E-state index is 4.94. The summed E-state index contributed by atoms with van der Waals surface area (Å²) < 4.78 is 9.89. The number of hydrogen-bond donors (Lipinski definition) is 2. The van der Waals surface area contributed by atoms with Gasteiger partial charge in [-0.15, -0.1) is 0 Å². The van der Waals surface area contributed by atoms with Crippen molar-refractivity contribution >= 4 is 0 Å². The highest BCUT2D eigenvalue weighted by Crippen LogP contribution is 2.40. The quantitative estimate of drug-likeness (QED) is 0.712. The van der Waals surface area contributed by atoms with E-state index in [1.54, 1.807) is 38.5 Å². The molecular weight excluding hydrogens is 252 g/mol. The number of rotatable bonds is 0. The summed E-state index contributed by atoms with van der Waals surface area (Å²) in [5.74, 6) is 2.31. The first-order chi connectivity index (χ1) is 9.95. The predicted octanol–water partition coefficient (Wildman–Crippen LogP) is 1.80. The zero-order valence-corrected chi connectivity index (χ0v) is 12.9. The first kappa shape index (κ1) is 16.2. The summed E-state index contributed by atoms with van der Waals surface area (Å²) in [6.45, 7) is 7.67. The molecule has 0 aromatic carbocycles. The van der Waals surface area contributed by atoms with Gasteiger partial charge in [-0.05, 0) is 11.8 Å². The zero-order chi connectivity index (χ0) is 13.9. The Labute approximate surface area is 124 Å². The topological polar surface area (TPSA) is 42.5 Å². The van der Waals surface area contributed by atoms with Gasteiger partial charge in [0.25, 0.3) is 0 Å². The lowest BCUT2D eigenvalue weighted by atomic mass is 9.71. The van der Waals surface area contributed by atoms with Gasteiger partial charge in [-0.3, -0.25) is 0 Å². The molecule has 2 N–H and O–H groups in total. The van der Waals surface area contributed by atoms with Crippen molar-refractivity contribution in [2.45, 2.75) is 38.5 Å². The van der Waals surface area contributed by atoms with Gasteiger partial charge in [0.1, 0.15) is 0 Å². The van der Waals surface area contributed by atoms with Gasteiger partial charge in [-0.1, -0.05) is 38.5 Å². The molecule has 118 valence electrons. The number of hydrogen-bond acceptors (Lipinski definition) is 4. The fraction of sp³-hybridized carbons (Fsp3) is 1.00. The lowest BCUT2D eigenvalue weighted by Gasteiger charge is -2.35. The molecule has 2 aliphatic heterocycles. The number of fused-ring (bicyclic) bond motifs is 3. The van der Waals surface area contributed by atoms with Crippen molar-refractivity contribution < 1.29 is 9.47 Å². The van der Waals surface area contributed by atoms with E-state index in [2.05, 4.69) is 10.6 Å². The molecule has 4 nitrogen and oxygen atoms in total. The van der Waals surface area contributed by atoms with Crippen molar-refractivity contribution in [2.24, 2.45) is 11.8 Å². The Balaban J connectivity index is 0.000000112. The van der Waals surface area contributed by atoms with E-state index in [1.807, 2.05) is 0 Å². The lowest BCUT2D eigenvalue weighted by molar-refractivity contribution is -0.0334. The molecule has 0 atom stereocenters. The van der Waals surface area contributed by atoms with E-state index in [0.717, 1.165) is 64.4 Å². The second kappa shape index (κ2) is 10.6. The SMILES string of the molecule is C1CC2CCC1CC2.C1CNCCN1.C1COCCO1. The van der Waals surface area contributed by atoms with Gasteiger partial charge in [-0.2, -0.15) is 0 Å². The Morgan fingerprint density at radius 1 is 0.500 bits per heavy atom. The molecule has 2 heterocycles. The minimum Gasteiger partial charge on any atom is -0.377 e. The van der Waals surface area contributed by atoms with Crippen LogP contribution in [0.15, 0.2) is 0 Å². The molecule has 3 aliphatic carbocycles. The summed E-state index contributed by atoms with van der Waals surface area (Å²) in [5, 5.41) is 6.44. The minimum atomic E-state index is 0.778. The summed E-state index contributed by atoms with van der Waals surface area (Å²) in [7, 11) is 0. The van der Waals surface area contributed by atoms with Crippen LogP contribution in [0.2, 0.25) is 0 Å². The van der Waals surface area contributed by atoms with Crippen molar-refractivity contribution in [3.05, 3.63) is 0 Å². The fourth-order valence-corrected chi connectivity index (χ4v) is 3.32. The van der Waals surface area contributed by atoms with Crippen molar-refractivity contribution in [3.8, 4) is 0 Å². The van der Waals surface area contributed by atoms with E-state index >= 15 is 0 Å². The first-order valence-corrected chi connectivity index (χ1v) is 8.52. The van der Waals surface area contributed by atoms with E-state index in [0.29, 0.717) is 0 Å². The second-order valence-corrected chi connectivity index (χ2v) is 6.19. The third-order valence-electron chi connectivity index (χ3n) is 4.65. The standard InChI is InChI=1S/C8H14.C4H10N2.C4H8O2/c1-2-8-5-3-7(1)4-6-8;2*1-2-6-4-3-5-1/h7-8H,1-6H2;5-6H,1-4H2;1-4H2. The van der Waals surface area contributed by atoms with Crippen LogP contribution in [0.5, 0.6) is 0 Å². The number of nitrogens with one attached hydrogen (secondary N) is 2. The summed E-state index contributed by atoms with van der Waals surface area (Å²) in [6, 6.07) is 0. The monoisotopic (exact) mass is 284 g/mol.